The van der Waals surface area contributed by atoms with Crippen LogP contribution in [0.1, 0.15) is 19.8 Å². The molecule has 0 rings (SSSR count). The standard InChI is InChI=1S/C7H14O3S/c1-3-4-7(11,5-10-2)6(8)9/h11H,3-5H2,1-2H3,(H,8,9). The van der Waals surface area contributed by atoms with Gasteiger partial charge in [0.25, 0.3) is 0 Å². The van der Waals surface area contributed by atoms with E-state index in [9.17, 15) is 4.79 Å². The van der Waals surface area contributed by atoms with Crippen molar-refractivity contribution in [3.05, 3.63) is 0 Å². The fourth-order valence-corrected chi connectivity index (χ4v) is 1.25. The number of carbonyl (C=O) groups is 1. The summed E-state index contributed by atoms with van der Waals surface area (Å²) in [6, 6.07) is 0. The SMILES string of the molecule is CCCC(S)(COC)C(=O)O. The molecule has 1 N–H and O–H groups in total. The fraction of sp³-hybridized carbons (Fsp3) is 0.857. The van der Waals surface area contributed by atoms with Gasteiger partial charge in [-0.05, 0) is 6.42 Å². The van der Waals surface area contributed by atoms with E-state index in [2.05, 4.69) is 12.6 Å². The van der Waals surface area contributed by atoms with Crippen LogP contribution in [-0.4, -0.2) is 29.5 Å². The predicted octanol–water partition coefficient (Wildman–Crippen LogP) is 1.19. The van der Waals surface area contributed by atoms with Crippen molar-refractivity contribution in [3.63, 3.8) is 0 Å². The molecule has 0 bridgehead atoms. The fourth-order valence-electron chi connectivity index (χ4n) is 0.893. The smallest absolute Gasteiger partial charge is 0.321 e. The lowest BCUT2D eigenvalue weighted by Crippen LogP contribution is -2.37. The first-order valence-corrected chi connectivity index (χ1v) is 3.96. The Labute approximate surface area is 72.2 Å². The third kappa shape index (κ3) is 3.12. The Morgan fingerprint density at radius 1 is 1.73 bits per heavy atom. The van der Waals surface area contributed by atoms with Crippen LogP contribution in [0.4, 0.5) is 0 Å². The van der Waals surface area contributed by atoms with E-state index < -0.39 is 10.7 Å². The maximum Gasteiger partial charge on any atom is 0.321 e. The van der Waals surface area contributed by atoms with E-state index in [1.807, 2.05) is 6.92 Å². The number of rotatable bonds is 5. The molecule has 0 amide bonds. The zero-order valence-electron chi connectivity index (χ0n) is 6.83. The highest BCUT2D eigenvalue weighted by Gasteiger charge is 2.33. The Hall–Kier alpha value is -0.220. The molecule has 0 saturated carbocycles. The Morgan fingerprint density at radius 3 is 2.55 bits per heavy atom. The van der Waals surface area contributed by atoms with Crippen LogP contribution in [0.25, 0.3) is 0 Å². The lowest BCUT2D eigenvalue weighted by molar-refractivity contribution is -0.141. The molecule has 1 atom stereocenters. The van der Waals surface area contributed by atoms with E-state index in [1.165, 1.54) is 7.11 Å². The highest BCUT2D eigenvalue weighted by Crippen LogP contribution is 2.21. The zero-order chi connectivity index (χ0) is 8.91. The molecule has 0 radical (unpaired) electrons. The molecule has 0 aromatic heterocycles. The summed E-state index contributed by atoms with van der Waals surface area (Å²) in [6.45, 7) is 2.07. The number of carboxylic acid groups (broad SMARTS) is 1. The van der Waals surface area contributed by atoms with Gasteiger partial charge in [-0.2, -0.15) is 12.6 Å². The first-order chi connectivity index (χ1) is 5.06. The highest BCUT2D eigenvalue weighted by molar-refractivity contribution is 7.82. The highest BCUT2D eigenvalue weighted by atomic mass is 32.1. The Kier molecular flexibility index (Phi) is 4.52. The van der Waals surface area contributed by atoms with Gasteiger partial charge in [-0.15, -0.1) is 0 Å². The van der Waals surface area contributed by atoms with Crippen LogP contribution in [-0.2, 0) is 9.53 Å². The largest absolute Gasteiger partial charge is 0.480 e. The summed E-state index contributed by atoms with van der Waals surface area (Å²) in [5.41, 5.74) is 0. The molecular weight excluding hydrogens is 164 g/mol. The topological polar surface area (TPSA) is 46.5 Å². The molecule has 0 saturated heterocycles. The van der Waals surface area contributed by atoms with Gasteiger partial charge in [0.15, 0.2) is 0 Å². The zero-order valence-corrected chi connectivity index (χ0v) is 7.73. The van der Waals surface area contributed by atoms with Crippen LogP contribution < -0.4 is 0 Å². The molecule has 0 fully saturated rings. The predicted molar refractivity (Wildman–Crippen MR) is 46.1 cm³/mol. The van der Waals surface area contributed by atoms with E-state index in [1.54, 1.807) is 0 Å². The summed E-state index contributed by atoms with van der Waals surface area (Å²) < 4.78 is 3.75. The lowest BCUT2D eigenvalue weighted by atomic mass is 10.0. The number of aliphatic carboxylic acids is 1. The van der Waals surface area contributed by atoms with Crippen LogP contribution >= 0.6 is 12.6 Å². The third-order valence-electron chi connectivity index (χ3n) is 1.44. The van der Waals surface area contributed by atoms with Gasteiger partial charge in [-0.3, -0.25) is 4.79 Å². The van der Waals surface area contributed by atoms with Crippen LogP contribution in [0.3, 0.4) is 0 Å². The van der Waals surface area contributed by atoms with Gasteiger partial charge in [0, 0.05) is 7.11 Å². The van der Waals surface area contributed by atoms with Crippen LogP contribution in [0.2, 0.25) is 0 Å². The number of hydrogen-bond donors (Lipinski definition) is 2. The molecule has 0 aliphatic rings. The van der Waals surface area contributed by atoms with Crippen LogP contribution in [0.5, 0.6) is 0 Å². The van der Waals surface area contributed by atoms with Gasteiger partial charge < -0.3 is 9.84 Å². The van der Waals surface area contributed by atoms with Gasteiger partial charge in [0.05, 0.1) is 6.61 Å². The lowest BCUT2D eigenvalue weighted by Gasteiger charge is -2.21. The van der Waals surface area contributed by atoms with Gasteiger partial charge in [-0.1, -0.05) is 13.3 Å². The number of methoxy groups -OCH3 is 1. The normalized spacial score (nSPS) is 15.9. The molecule has 66 valence electrons. The maximum atomic E-state index is 10.6. The molecule has 0 aliphatic carbocycles. The number of hydrogen-bond acceptors (Lipinski definition) is 3. The monoisotopic (exact) mass is 178 g/mol. The van der Waals surface area contributed by atoms with E-state index in [0.717, 1.165) is 6.42 Å². The molecule has 0 heterocycles. The summed E-state index contributed by atoms with van der Waals surface area (Å²) >= 11 is 4.05. The minimum Gasteiger partial charge on any atom is -0.480 e. The van der Waals surface area contributed by atoms with Crippen molar-refractivity contribution in [2.75, 3.05) is 13.7 Å². The molecular formula is C7H14O3S. The van der Waals surface area contributed by atoms with Gasteiger partial charge >= 0.3 is 5.97 Å². The molecule has 0 aromatic carbocycles. The minimum atomic E-state index is -1.01. The first-order valence-electron chi connectivity index (χ1n) is 3.51. The van der Waals surface area contributed by atoms with Crippen molar-refractivity contribution >= 4 is 18.6 Å². The van der Waals surface area contributed by atoms with Crippen molar-refractivity contribution < 1.29 is 14.6 Å². The Balaban J connectivity index is 4.13. The summed E-state index contributed by atoms with van der Waals surface area (Å²) in [5.74, 6) is -0.912. The third-order valence-corrected chi connectivity index (χ3v) is 1.99. The second-order valence-electron chi connectivity index (χ2n) is 2.52. The molecule has 0 aromatic rings. The summed E-state index contributed by atoms with van der Waals surface area (Å²) in [5, 5.41) is 8.74. The molecule has 3 nitrogen and oxygen atoms in total. The second-order valence-corrected chi connectivity index (χ2v) is 3.38. The maximum absolute atomic E-state index is 10.6. The molecule has 11 heavy (non-hydrogen) atoms. The Bertz CT molecular complexity index is 130. The van der Waals surface area contributed by atoms with E-state index in [-0.39, 0.29) is 6.61 Å². The molecule has 4 heteroatoms. The minimum absolute atomic E-state index is 0.152. The van der Waals surface area contributed by atoms with Crippen molar-refractivity contribution in [2.24, 2.45) is 0 Å². The summed E-state index contributed by atoms with van der Waals surface area (Å²) in [4.78, 5) is 10.6. The number of thiol groups is 1. The quantitative estimate of drug-likeness (QED) is 0.621. The molecule has 1 unspecified atom stereocenters. The van der Waals surface area contributed by atoms with Crippen molar-refractivity contribution in [1.82, 2.24) is 0 Å². The number of ether oxygens (including phenoxy) is 1. The van der Waals surface area contributed by atoms with Crippen molar-refractivity contribution in [1.29, 1.82) is 0 Å². The van der Waals surface area contributed by atoms with E-state index >= 15 is 0 Å². The average molecular weight is 178 g/mol. The van der Waals surface area contributed by atoms with E-state index in [0.29, 0.717) is 6.42 Å². The van der Waals surface area contributed by atoms with Crippen LogP contribution in [0.15, 0.2) is 0 Å². The van der Waals surface area contributed by atoms with E-state index in [4.69, 9.17) is 9.84 Å². The summed E-state index contributed by atoms with van der Waals surface area (Å²) in [6.07, 6.45) is 1.32. The molecule has 0 aliphatic heterocycles. The van der Waals surface area contributed by atoms with Crippen molar-refractivity contribution in [3.8, 4) is 0 Å². The van der Waals surface area contributed by atoms with Gasteiger partial charge in [0.1, 0.15) is 4.75 Å². The average Bonchev–Trinajstić information content (AvgIpc) is 1.88. The first kappa shape index (κ1) is 10.8. The van der Waals surface area contributed by atoms with Gasteiger partial charge in [-0.25, -0.2) is 0 Å². The Morgan fingerprint density at radius 2 is 2.27 bits per heavy atom. The summed E-state index contributed by atoms with van der Waals surface area (Å²) in [7, 11) is 1.48. The van der Waals surface area contributed by atoms with Gasteiger partial charge in [0.2, 0.25) is 0 Å². The molecule has 0 spiro atoms. The number of carboxylic acids is 1. The second kappa shape index (κ2) is 4.62. The van der Waals surface area contributed by atoms with Crippen LogP contribution in [0, 0.1) is 0 Å². The van der Waals surface area contributed by atoms with Crippen molar-refractivity contribution in [2.45, 2.75) is 24.5 Å².